The van der Waals surface area contributed by atoms with Gasteiger partial charge in [0, 0.05) is 17.0 Å². The van der Waals surface area contributed by atoms with Crippen LogP contribution in [0.3, 0.4) is 0 Å². The van der Waals surface area contributed by atoms with Gasteiger partial charge >= 0.3 is 12.0 Å². The Morgan fingerprint density at radius 1 is 1.35 bits per heavy atom. The Kier molecular flexibility index (Phi) is 5.92. The number of benzene rings is 1. The molecule has 0 fully saturated rings. The van der Waals surface area contributed by atoms with Gasteiger partial charge in [0.2, 0.25) is 0 Å². The van der Waals surface area contributed by atoms with E-state index in [0.717, 1.165) is 5.75 Å². The van der Waals surface area contributed by atoms with E-state index in [1.807, 2.05) is 24.5 Å². The van der Waals surface area contributed by atoms with E-state index in [1.165, 1.54) is 0 Å². The largest absolute Gasteiger partial charge is 0.496 e. The zero-order valence-corrected chi connectivity index (χ0v) is 14.2. The van der Waals surface area contributed by atoms with Crippen LogP contribution < -0.4 is 15.4 Å². The minimum absolute atomic E-state index is 0.323. The molecule has 23 heavy (non-hydrogen) atoms. The van der Waals surface area contributed by atoms with Gasteiger partial charge in [-0.05, 0) is 19.2 Å². The number of para-hydroxylation sites is 1. The van der Waals surface area contributed by atoms with Gasteiger partial charge in [-0.25, -0.2) is 9.59 Å². The van der Waals surface area contributed by atoms with Crippen molar-refractivity contribution in [3.63, 3.8) is 0 Å². The lowest BCUT2D eigenvalue weighted by molar-refractivity contribution is -0.138. The van der Waals surface area contributed by atoms with Crippen molar-refractivity contribution in [3.8, 4) is 5.75 Å². The Morgan fingerprint density at radius 2 is 2.09 bits per heavy atom. The molecule has 0 saturated carbocycles. The van der Waals surface area contributed by atoms with Crippen molar-refractivity contribution in [1.82, 2.24) is 10.6 Å². The molecule has 1 aliphatic heterocycles. The van der Waals surface area contributed by atoms with Gasteiger partial charge < -0.3 is 20.1 Å². The number of thioether (sulfide) groups is 1. The summed E-state index contributed by atoms with van der Waals surface area (Å²) in [4.78, 5) is 24.3. The van der Waals surface area contributed by atoms with Crippen LogP contribution in [-0.4, -0.2) is 37.7 Å². The maximum atomic E-state index is 12.5. The Hall–Kier alpha value is -2.15. The number of methoxy groups -OCH3 is 1. The lowest BCUT2D eigenvalue weighted by atomic mass is 9.95. The highest BCUT2D eigenvalue weighted by Crippen LogP contribution is 2.33. The number of carbonyl (C=O) groups excluding carboxylic acids is 2. The number of hydrogen-bond donors (Lipinski definition) is 2. The Labute approximate surface area is 139 Å². The van der Waals surface area contributed by atoms with E-state index < -0.39 is 12.0 Å². The molecule has 0 unspecified atom stereocenters. The van der Waals surface area contributed by atoms with Crippen LogP contribution in [0.5, 0.6) is 5.75 Å². The van der Waals surface area contributed by atoms with Crippen LogP contribution in [0.4, 0.5) is 4.79 Å². The maximum absolute atomic E-state index is 12.5. The number of hydrogen-bond acceptors (Lipinski definition) is 5. The first-order chi connectivity index (χ1) is 11.1. The summed E-state index contributed by atoms with van der Waals surface area (Å²) in [5.74, 6) is 0.874. The zero-order valence-electron chi connectivity index (χ0n) is 13.3. The average Bonchev–Trinajstić information content (AvgIpc) is 2.54. The van der Waals surface area contributed by atoms with Gasteiger partial charge in [0.1, 0.15) is 12.4 Å². The average molecular weight is 336 g/mol. The van der Waals surface area contributed by atoms with Crippen LogP contribution in [-0.2, 0) is 9.53 Å². The fourth-order valence-corrected chi connectivity index (χ4v) is 2.65. The van der Waals surface area contributed by atoms with E-state index in [-0.39, 0.29) is 6.03 Å². The zero-order chi connectivity index (χ0) is 16.8. The number of ether oxygens (including phenoxy) is 2. The minimum Gasteiger partial charge on any atom is -0.496 e. The third kappa shape index (κ3) is 3.98. The molecule has 2 amide bonds. The molecule has 1 aromatic rings. The van der Waals surface area contributed by atoms with Crippen molar-refractivity contribution >= 4 is 23.8 Å². The molecule has 0 radical (unpaired) electrons. The molecule has 7 heteroatoms. The number of urea groups is 1. The first-order valence-electron chi connectivity index (χ1n) is 7.15. The summed E-state index contributed by atoms with van der Waals surface area (Å²) in [5, 5.41) is 5.39. The van der Waals surface area contributed by atoms with E-state index >= 15 is 0 Å². The van der Waals surface area contributed by atoms with Gasteiger partial charge in [0.25, 0.3) is 0 Å². The summed E-state index contributed by atoms with van der Waals surface area (Å²) in [5.41, 5.74) is 1.58. The molecule has 1 aromatic carbocycles. The van der Waals surface area contributed by atoms with E-state index in [9.17, 15) is 9.59 Å². The van der Waals surface area contributed by atoms with Crippen molar-refractivity contribution in [2.24, 2.45) is 0 Å². The van der Waals surface area contributed by atoms with Crippen LogP contribution in [0.15, 0.2) is 35.5 Å². The van der Waals surface area contributed by atoms with Crippen LogP contribution in [0.25, 0.3) is 0 Å². The topological polar surface area (TPSA) is 76.7 Å². The van der Waals surface area contributed by atoms with E-state index in [1.54, 1.807) is 31.9 Å². The molecule has 1 aliphatic rings. The lowest BCUT2D eigenvalue weighted by Gasteiger charge is -2.29. The molecule has 0 bridgehead atoms. The van der Waals surface area contributed by atoms with Gasteiger partial charge in [-0.1, -0.05) is 18.2 Å². The van der Waals surface area contributed by atoms with E-state index in [2.05, 4.69) is 10.6 Å². The van der Waals surface area contributed by atoms with Crippen molar-refractivity contribution in [1.29, 1.82) is 0 Å². The van der Waals surface area contributed by atoms with Gasteiger partial charge in [-0.15, -0.1) is 0 Å². The smallest absolute Gasteiger partial charge is 0.338 e. The van der Waals surface area contributed by atoms with Crippen LogP contribution in [0.1, 0.15) is 18.5 Å². The second-order valence-electron chi connectivity index (χ2n) is 4.94. The summed E-state index contributed by atoms with van der Waals surface area (Å²) in [6, 6.07) is 6.30. The highest BCUT2D eigenvalue weighted by Gasteiger charge is 2.33. The molecule has 0 saturated heterocycles. The van der Waals surface area contributed by atoms with Gasteiger partial charge in [0.15, 0.2) is 0 Å². The molecule has 0 spiro atoms. The molecule has 124 valence electrons. The third-order valence-electron chi connectivity index (χ3n) is 3.46. The number of rotatable bonds is 6. The Morgan fingerprint density at radius 3 is 2.78 bits per heavy atom. The van der Waals surface area contributed by atoms with Crippen molar-refractivity contribution in [2.75, 3.05) is 25.7 Å². The van der Waals surface area contributed by atoms with Gasteiger partial charge in [-0.2, -0.15) is 11.8 Å². The van der Waals surface area contributed by atoms with Gasteiger partial charge in [-0.3, -0.25) is 0 Å². The SMILES string of the molecule is COc1ccccc1[C@@H]1NC(=O)NC(C)=C1C(=O)OCCSC. The predicted octanol–water partition coefficient (Wildman–Crippen LogP) is 2.23. The lowest BCUT2D eigenvalue weighted by Crippen LogP contribution is -2.45. The third-order valence-corrected chi connectivity index (χ3v) is 4.03. The van der Waals surface area contributed by atoms with E-state index in [4.69, 9.17) is 9.47 Å². The first-order valence-corrected chi connectivity index (χ1v) is 8.55. The fraction of sp³-hybridized carbons (Fsp3) is 0.375. The normalized spacial score (nSPS) is 17.3. The number of carbonyl (C=O) groups is 2. The molecule has 2 N–H and O–H groups in total. The summed E-state index contributed by atoms with van der Waals surface area (Å²) in [7, 11) is 1.55. The van der Waals surface area contributed by atoms with Crippen LogP contribution in [0.2, 0.25) is 0 Å². The monoisotopic (exact) mass is 336 g/mol. The fourth-order valence-electron chi connectivity index (χ4n) is 2.40. The summed E-state index contributed by atoms with van der Waals surface area (Å²) in [6.07, 6.45) is 1.94. The second-order valence-corrected chi connectivity index (χ2v) is 5.93. The van der Waals surface area contributed by atoms with Crippen LogP contribution >= 0.6 is 11.8 Å². The molecular weight excluding hydrogens is 316 g/mol. The van der Waals surface area contributed by atoms with Crippen molar-refractivity contribution in [2.45, 2.75) is 13.0 Å². The molecule has 0 aromatic heterocycles. The Bertz CT molecular complexity index is 630. The summed E-state index contributed by atoms with van der Waals surface area (Å²) in [6.45, 7) is 2.01. The Balaban J connectivity index is 2.36. The quantitative estimate of drug-likeness (QED) is 0.615. The summed E-state index contributed by atoms with van der Waals surface area (Å²) < 4.78 is 10.6. The number of esters is 1. The molecular formula is C16H20N2O4S. The van der Waals surface area contributed by atoms with Gasteiger partial charge in [0.05, 0.1) is 18.7 Å². The van der Waals surface area contributed by atoms with Crippen molar-refractivity contribution < 1.29 is 19.1 Å². The van der Waals surface area contributed by atoms with E-state index in [0.29, 0.717) is 29.2 Å². The van der Waals surface area contributed by atoms with Crippen molar-refractivity contribution in [3.05, 3.63) is 41.1 Å². The van der Waals surface area contributed by atoms with Crippen LogP contribution in [0, 0.1) is 0 Å². The minimum atomic E-state index is -0.610. The molecule has 0 aliphatic carbocycles. The molecule has 6 nitrogen and oxygen atoms in total. The predicted molar refractivity (Wildman–Crippen MR) is 89.4 cm³/mol. The maximum Gasteiger partial charge on any atom is 0.338 e. The molecule has 2 rings (SSSR count). The first kappa shape index (κ1) is 17.2. The number of allylic oxidation sites excluding steroid dienone is 1. The molecule has 1 heterocycles. The second kappa shape index (κ2) is 7.92. The highest BCUT2D eigenvalue weighted by molar-refractivity contribution is 7.98. The number of nitrogens with one attached hydrogen (secondary N) is 2. The standard InChI is InChI=1S/C16H20N2O4S/c1-10-13(15(19)22-8-9-23-3)14(18-16(20)17-10)11-6-4-5-7-12(11)21-2/h4-7,14H,8-9H2,1-3H3,(H2,17,18,20)/t14-/m0/s1. The summed E-state index contributed by atoms with van der Waals surface area (Å²) >= 11 is 1.60. The highest BCUT2D eigenvalue weighted by atomic mass is 32.2. The number of amides is 2. The molecule has 1 atom stereocenters.